The van der Waals surface area contributed by atoms with Crippen LogP contribution in [0.3, 0.4) is 0 Å². The van der Waals surface area contributed by atoms with E-state index < -0.39 is 9.84 Å². The molecule has 0 spiro atoms. The molecule has 112 valence electrons. The van der Waals surface area contributed by atoms with Gasteiger partial charge in [0, 0.05) is 18.2 Å². The van der Waals surface area contributed by atoms with Gasteiger partial charge in [-0.25, -0.2) is 8.42 Å². The normalized spacial score (nSPS) is 22.2. The minimum Gasteiger partial charge on any atom is -0.352 e. The van der Waals surface area contributed by atoms with Gasteiger partial charge in [0.05, 0.1) is 5.75 Å². The van der Waals surface area contributed by atoms with E-state index in [0.717, 1.165) is 12.1 Å². The van der Waals surface area contributed by atoms with Crippen LogP contribution in [0.25, 0.3) is 5.70 Å². The van der Waals surface area contributed by atoms with Gasteiger partial charge in [0.2, 0.25) is 15.7 Å². The van der Waals surface area contributed by atoms with Gasteiger partial charge in [-0.05, 0) is 35.8 Å². The second-order valence-corrected chi connectivity index (χ2v) is 7.01. The Morgan fingerprint density at radius 2 is 2.24 bits per heavy atom. The molecule has 1 fully saturated rings. The van der Waals surface area contributed by atoms with Crippen LogP contribution in [0, 0.1) is 0 Å². The Morgan fingerprint density at radius 1 is 1.38 bits per heavy atom. The largest absolute Gasteiger partial charge is 0.352 e. The zero-order valence-electron chi connectivity index (χ0n) is 11.3. The molecule has 1 atom stereocenters. The minimum atomic E-state index is -3.66. The molecule has 0 radical (unpaired) electrons. The molecule has 1 N–H and O–H groups in total. The predicted molar refractivity (Wildman–Crippen MR) is 73.7 cm³/mol. The summed E-state index contributed by atoms with van der Waals surface area (Å²) in [6.07, 6.45) is 8.04. The first-order chi connectivity index (χ1) is 10.1. The molecule has 1 aliphatic heterocycles. The Kier molecular flexibility index (Phi) is 3.58. The lowest BCUT2D eigenvalue weighted by Crippen LogP contribution is -2.33. The van der Waals surface area contributed by atoms with E-state index in [9.17, 15) is 13.2 Å². The maximum Gasteiger partial charge on any atom is 0.272 e. The molecular formula is C12H15N5O3S. The summed E-state index contributed by atoms with van der Waals surface area (Å²) in [6.45, 7) is 0. The van der Waals surface area contributed by atoms with E-state index in [1.807, 2.05) is 12.2 Å². The van der Waals surface area contributed by atoms with Crippen molar-refractivity contribution in [2.24, 2.45) is 0 Å². The summed E-state index contributed by atoms with van der Waals surface area (Å²) in [5, 5.41) is 13.4. The van der Waals surface area contributed by atoms with Crippen molar-refractivity contribution in [1.29, 1.82) is 0 Å². The van der Waals surface area contributed by atoms with Crippen LogP contribution in [0.15, 0.2) is 23.4 Å². The van der Waals surface area contributed by atoms with E-state index >= 15 is 0 Å². The van der Waals surface area contributed by atoms with E-state index in [1.165, 1.54) is 4.68 Å². The van der Waals surface area contributed by atoms with Gasteiger partial charge in [-0.15, -0.1) is 0 Å². The molecule has 1 aromatic rings. The molecule has 8 nitrogen and oxygen atoms in total. The number of carbonyl (C=O) groups excluding carboxylic acids is 1. The fourth-order valence-electron chi connectivity index (χ4n) is 2.46. The molecule has 1 aromatic heterocycles. The number of sulfone groups is 1. The molecule has 0 bridgehead atoms. The summed E-state index contributed by atoms with van der Waals surface area (Å²) in [6, 6.07) is -0.368. The lowest BCUT2D eigenvalue weighted by Gasteiger charge is -2.12. The third kappa shape index (κ3) is 2.87. The molecular weight excluding hydrogens is 294 g/mol. The highest BCUT2D eigenvalue weighted by molar-refractivity contribution is 7.91. The van der Waals surface area contributed by atoms with E-state index in [-0.39, 0.29) is 22.9 Å². The van der Waals surface area contributed by atoms with Crippen molar-refractivity contribution in [2.45, 2.75) is 36.9 Å². The van der Waals surface area contributed by atoms with Crippen LogP contribution in [0.4, 0.5) is 0 Å². The first-order valence-corrected chi connectivity index (χ1v) is 8.38. The number of hydrogen-bond acceptors (Lipinski definition) is 6. The number of nitrogens with one attached hydrogen (secondary N) is 1. The number of carbonyl (C=O) groups is 1. The van der Waals surface area contributed by atoms with Crippen LogP contribution in [0.1, 0.15) is 25.7 Å². The molecule has 3 rings (SSSR count). The van der Waals surface area contributed by atoms with Crippen LogP contribution < -0.4 is 5.32 Å². The molecule has 0 saturated carbocycles. The zero-order chi connectivity index (χ0) is 14.9. The van der Waals surface area contributed by atoms with Gasteiger partial charge in [0.15, 0.2) is 0 Å². The van der Waals surface area contributed by atoms with Crippen molar-refractivity contribution in [2.75, 3.05) is 5.75 Å². The number of allylic oxidation sites excluding steroid dienone is 4. The van der Waals surface area contributed by atoms with Crippen molar-refractivity contribution in [3.05, 3.63) is 18.2 Å². The number of amides is 1. The van der Waals surface area contributed by atoms with Gasteiger partial charge in [-0.3, -0.25) is 4.79 Å². The van der Waals surface area contributed by atoms with Crippen molar-refractivity contribution < 1.29 is 13.2 Å². The SMILES string of the molecule is O=C1CC[C@H](CS(=O)(=O)c2nnnn2C2=CC=CCC2)N1. The lowest BCUT2D eigenvalue weighted by molar-refractivity contribution is -0.119. The van der Waals surface area contributed by atoms with E-state index in [1.54, 1.807) is 6.08 Å². The van der Waals surface area contributed by atoms with Crippen molar-refractivity contribution in [1.82, 2.24) is 25.5 Å². The predicted octanol–water partition coefficient (Wildman–Crippen LogP) is -0.0837. The highest BCUT2D eigenvalue weighted by atomic mass is 32.2. The molecule has 1 aliphatic carbocycles. The molecule has 2 aliphatic rings. The second-order valence-electron chi connectivity index (χ2n) is 5.08. The topological polar surface area (TPSA) is 107 Å². The summed E-state index contributed by atoms with van der Waals surface area (Å²) >= 11 is 0. The Balaban J connectivity index is 1.86. The number of hydrogen-bond donors (Lipinski definition) is 1. The average molecular weight is 309 g/mol. The quantitative estimate of drug-likeness (QED) is 0.833. The Hall–Kier alpha value is -2.03. The first-order valence-electron chi connectivity index (χ1n) is 6.73. The fourth-order valence-corrected chi connectivity index (χ4v) is 3.97. The Labute approximate surface area is 121 Å². The van der Waals surface area contributed by atoms with Crippen molar-refractivity contribution in [3.8, 4) is 0 Å². The van der Waals surface area contributed by atoms with Gasteiger partial charge < -0.3 is 5.32 Å². The van der Waals surface area contributed by atoms with Gasteiger partial charge in [0.25, 0.3) is 5.16 Å². The van der Waals surface area contributed by atoms with E-state index in [4.69, 9.17) is 0 Å². The summed E-state index contributed by atoms with van der Waals surface area (Å²) in [5.74, 6) is -0.294. The fraction of sp³-hybridized carbons (Fsp3) is 0.500. The van der Waals surface area contributed by atoms with Crippen molar-refractivity contribution in [3.63, 3.8) is 0 Å². The molecule has 2 heterocycles. The van der Waals surface area contributed by atoms with Gasteiger partial charge in [-0.2, -0.15) is 4.68 Å². The molecule has 1 amide bonds. The number of rotatable bonds is 4. The maximum atomic E-state index is 12.5. The van der Waals surface area contributed by atoms with Crippen LogP contribution in [0.5, 0.6) is 0 Å². The molecule has 9 heteroatoms. The highest BCUT2D eigenvalue weighted by Gasteiger charge is 2.31. The molecule has 0 unspecified atom stereocenters. The summed E-state index contributed by atoms with van der Waals surface area (Å²) in [7, 11) is -3.66. The third-order valence-electron chi connectivity index (χ3n) is 3.49. The second kappa shape index (κ2) is 5.40. The smallest absolute Gasteiger partial charge is 0.272 e. The Morgan fingerprint density at radius 3 is 2.90 bits per heavy atom. The summed E-state index contributed by atoms with van der Waals surface area (Å²) < 4.78 is 26.2. The monoisotopic (exact) mass is 309 g/mol. The van der Waals surface area contributed by atoms with Crippen LogP contribution in [-0.2, 0) is 14.6 Å². The standard InChI is InChI=1S/C12H15N5O3S/c18-11-7-6-9(13-11)8-21(19,20)12-14-15-16-17(12)10-4-2-1-3-5-10/h1-2,4,9H,3,5-8H2,(H,13,18)/t9-/m1/s1. The summed E-state index contributed by atoms with van der Waals surface area (Å²) in [5.41, 5.74) is 0.747. The van der Waals surface area contributed by atoms with E-state index in [2.05, 4.69) is 20.8 Å². The summed E-state index contributed by atoms with van der Waals surface area (Å²) in [4.78, 5) is 11.2. The van der Waals surface area contributed by atoms with Gasteiger partial charge >= 0.3 is 0 Å². The van der Waals surface area contributed by atoms with Crippen molar-refractivity contribution >= 4 is 21.4 Å². The van der Waals surface area contributed by atoms with Crippen LogP contribution in [-0.4, -0.2) is 46.3 Å². The Bertz CT molecular complexity index is 719. The highest BCUT2D eigenvalue weighted by Crippen LogP contribution is 2.21. The molecule has 0 aromatic carbocycles. The maximum absolute atomic E-state index is 12.5. The number of tetrazole rings is 1. The van der Waals surface area contributed by atoms with Gasteiger partial charge in [0.1, 0.15) is 0 Å². The first kappa shape index (κ1) is 13.9. The van der Waals surface area contributed by atoms with Crippen LogP contribution in [0.2, 0.25) is 0 Å². The van der Waals surface area contributed by atoms with Gasteiger partial charge in [-0.1, -0.05) is 17.3 Å². The van der Waals surface area contributed by atoms with Crippen LogP contribution >= 0.6 is 0 Å². The zero-order valence-corrected chi connectivity index (χ0v) is 12.1. The lowest BCUT2D eigenvalue weighted by atomic mass is 10.1. The molecule has 1 saturated heterocycles. The number of nitrogens with zero attached hydrogens (tertiary/aromatic N) is 4. The minimum absolute atomic E-state index is 0.116. The number of aromatic nitrogens is 4. The van der Waals surface area contributed by atoms with E-state index in [0.29, 0.717) is 19.3 Å². The third-order valence-corrected chi connectivity index (χ3v) is 5.14. The average Bonchev–Trinajstić information content (AvgIpc) is 3.09. The molecule has 21 heavy (non-hydrogen) atoms.